The zero-order valence-electron chi connectivity index (χ0n) is 16.8. The first kappa shape index (κ1) is 21.3. The Labute approximate surface area is 186 Å². The van der Waals surface area contributed by atoms with E-state index in [1.54, 1.807) is 17.0 Å². The number of fused-ring (bicyclic) bond motifs is 1. The third kappa shape index (κ3) is 4.53. The molecule has 6 nitrogen and oxygen atoms in total. The number of ketones is 1. The summed E-state index contributed by atoms with van der Waals surface area (Å²) in [5.74, 6) is -0.820. The number of hydrogen-bond acceptors (Lipinski definition) is 5. The molecule has 1 saturated heterocycles. The lowest BCUT2D eigenvalue weighted by atomic mass is 10.1. The van der Waals surface area contributed by atoms with Crippen molar-refractivity contribution in [3.63, 3.8) is 0 Å². The van der Waals surface area contributed by atoms with E-state index < -0.39 is 11.7 Å². The number of nitrogens with one attached hydrogen (secondary N) is 1. The van der Waals surface area contributed by atoms with Crippen LogP contribution < -0.4 is 10.3 Å². The van der Waals surface area contributed by atoms with Crippen molar-refractivity contribution >= 4 is 40.6 Å². The SMILES string of the molecule is Cc1ccc2c(c1)C(=O)C(=O)N2CCN1CCN(NCc2ccc(Cl)cc2Cl)CC1. The number of aryl methyl sites for hydroxylation is 1. The molecule has 158 valence electrons. The highest BCUT2D eigenvalue weighted by molar-refractivity contribution is 6.52. The van der Waals surface area contributed by atoms with Crippen LogP contribution >= 0.6 is 23.2 Å². The Hall–Kier alpha value is -1.96. The number of hydrogen-bond donors (Lipinski definition) is 1. The molecule has 2 heterocycles. The predicted octanol–water partition coefficient (Wildman–Crippen LogP) is 3.15. The van der Waals surface area contributed by atoms with Gasteiger partial charge in [0.25, 0.3) is 11.7 Å². The quantitative estimate of drug-likeness (QED) is 0.690. The predicted molar refractivity (Wildman–Crippen MR) is 119 cm³/mol. The van der Waals surface area contributed by atoms with Crippen molar-refractivity contribution in [3.8, 4) is 0 Å². The Morgan fingerprint density at radius 2 is 1.73 bits per heavy atom. The van der Waals surface area contributed by atoms with Gasteiger partial charge in [-0.25, -0.2) is 5.01 Å². The lowest BCUT2D eigenvalue weighted by molar-refractivity contribution is -0.114. The van der Waals surface area contributed by atoms with Gasteiger partial charge in [0.05, 0.1) is 11.3 Å². The van der Waals surface area contributed by atoms with E-state index in [2.05, 4.69) is 15.3 Å². The summed E-state index contributed by atoms with van der Waals surface area (Å²) in [6.45, 7) is 7.35. The van der Waals surface area contributed by atoms with Gasteiger partial charge in [-0.15, -0.1) is 0 Å². The molecule has 0 radical (unpaired) electrons. The number of carbonyl (C=O) groups is 2. The molecular weight excluding hydrogens is 423 g/mol. The molecule has 0 bridgehead atoms. The third-order valence-corrected chi connectivity index (χ3v) is 6.23. The molecule has 1 amide bonds. The number of rotatable bonds is 6. The second-order valence-electron chi connectivity index (χ2n) is 7.71. The standard InChI is InChI=1S/C22H24Cl2N4O2/c1-15-2-5-20-18(12-15)21(29)22(30)28(20)11-8-26-6-9-27(10-7-26)25-14-16-3-4-17(23)13-19(16)24/h2-5,12-13,25H,6-11,14H2,1H3. The highest BCUT2D eigenvalue weighted by Crippen LogP contribution is 2.29. The number of nitrogens with zero attached hydrogens (tertiary/aromatic N) is 3. The van der Waals surface area contributed by atoms with E-state index in [1.165, 1.54) is 0 Å². The fourth-order valence-corrected chi connectivity index (χ4v) is 4.34. The van der Waals surface area contributed by atoms with Gasteiger partial charge in [0.2, 0.25) is 0 Å². The number of amides is 1. The number of hydrazine groups is 1. The van der Waals surface area contributed by atoms with E-state index in [9.17, 15) is 9.59 Å². The average Bonchev–Trinajstić information content (AvgIpc) is 2.96. The summed E-state index contributed by atoms with van der Waals surface area (Å²) < 4.78 is 0. The molecule has 2 aliphatic heterocycles. The maximum atomic E-state index is 12.4. The van der Waals surface area contributed by atoms with Crippen molar-refractivity contribution in [1.82, 2.24) is 15.3 Å². The number of anilines is 1. The summed E-state index contributed by atoms with van der Waals surface area (Å²) in [5, 5.41) is 3.48. The van der Waals surface area contributed by atoms with Gasteiger partial charge in [-0.3, -0.25) is 19.9 Å². The number of carbonyl (C=O) groups excluding carboxylic acids is 2. The summed E-state index contributed by atoms with van der Waals surface area (Å²) in [7, 11) is 0. The average molecular weight is 447 g/mol. The summed E-state index contributed by atoms with van der Waals surface area (Å²) in [6.07, 6.45) is 0. The van der Waals surface area contributed by atoms with E-state index in [1.807, 2.05) is 31.2 Å². The molecule has 0 aliphatic carbocycles. The van der Waals surface area contributed by atoms with Crippen LogP contribution in [0.15, 0.2) is 36.4 Å². The van der Waals surface area contributed by atoms with Gasteiger partial charge in [0.1, 0.15) is 0 Å². The van der Waals surface area contributed by atoms with Gasteiger partial charge >= 0.3 is 0 Å². The molecule has 30 heavy (non-hydrogen) atoms. The topological polar surface area (TPSA) is 55.9 Å². The van der Waals surface area contributed by atoms with Crippen LogP contribution in [0.5, 0.6) is 0 Å². The van der Waals surface area contributed by atoms with Crippen LogP contribution in [-0.2, 0) is 11.3 Å². The molecular formula is C22H24Cl2N4O2. The van der Waals surface area contributed by atoms with Crippen LogP contribution in [0.3, 0.4) is 0 Å². The molecule has 2 aromatic carbocycles. The number of benzene rings is 2. The van der Waals surface area contributed by atoms with Gasteiger partial charge < -0.3 is 4.90 Å². The van der Waals surface area contributed by atoms with Crippen LogP contribution in [-0.4, -0.2) is 60.9 Å². The van der Waals surface area contributed by atoms with Gasteiger partial charge in [-0.2, -0.15) is 0 Å². The second kappa shape index (κ2) is 9.04. The van der Waals surface area contributed by atoms with Crippen LogP contribution in [0.25, 0.3) is 0 Å². The smallest absolute Gasteiger partial charge is 0.299 e. The van der Waals surface area contributed by atoms with Crippen molar-refractivity contribution in [2.24, 2.45) is 0 Å². The first-order chi connectivity index (χ1) is 14.4. The molecule has 1 N–H and O–H groups in total. The molecule has 4 rings (SSSR count). The van der Waals surface area contributed by atoms with Crippen LogP contribution in [0.1, 0.15) is 21.5 Å². The lowest BCUT2D eigenvalue weighted by Crippen LogP contribution is -2.53. The zero-order valence-corrected chi connectivity index (χ0v) is 18.3. The van der Waals surface area contributed by atoms with Crippen molar-refractivity contribution in [2.75, 3.05) is 44.2 Å². The van der Waals surface area contributed by atoms with Gasteiger partial charge in [-0.05, 0) is 36.8 Å². The monoisotopic (exact) mass is 446 g/mol. The molecule has 1 fully saturated rings. The summed E-state index contributed by atoms with van der Waals surface area (Å²) in [6, 6.07) is 11.1. The third-order valence-electron chi connectivity index (χ3n) is 5.65. The van der Waals surface area contributed by atoms with Crippen LogP contribution in [0.2, 0.25) is 10.0 Å². The van der Waals surface area contributed by atoms with Crippen LogP contribution in [0, 0.1) is 6.92 Å². The van der Waals surface area contributed by atoms with E-state index in [4.69, 9.17) is 23.2 Å². The van der Waals surface area contributed by atoms with Crippen molar-refractivity contribution in [2.45, 2.75) is 13.5 Å². The fourth-order valence-electron chi connectivity index (χ4n) is 3.87. The summed E-state index contributed by atoms with van der Waals surface area (Å²) >= 11 is 12.2. The molecule has 2 aliphatic rings. The van der Waals surface area contributed by atoms with Gasteiger partial charge in [0.15, 0.2) is 0 Å². The van der Waals surface area contributed by atoms with Crippen molar-refractivity contribution in [1.29, 1.82) is 0 Å². The minimum Gasteiger partial charge on any atom is -0.303 e. The van der Waals surface area contributed by atoms with E-state index in [0.29, 0.717) is 28.7 Å². The molecule has 0 saturated carbocycles. The molecule has 0 atom stereocenters. The first-order valence-electron chi connectivity index (χ1n) is 10.0. The molecule has 0 spiro atoms. The molecule has 8 heteroatoms. The molecule has 0 aromatic heterocycles. The Balaban J connectivity index is 1.26. The normalized spacial score (nSPS) is 17.6. The van der Waals surface area contributed by atoms with E-state index in [0.717, 1.165) is 49.5 Å². The Morgan fingerprint density at radius 3 is 2.47 bits per heavy atom. The lowest BCUT2D eigenvalue weighted by Gasteiger charge is -2.35. The van der Waals surface area contributed by atoms with Crippen LogP contribution in [0.4, 0.5) is 5.69 Å². The zero-order chi connectivity index (χ0) is 21.3. The van der Waals surface area contributed by atoms with Crippen molar-refractivity contribution in [3.05, 3.63) is 63.1 Å². The molecule has 2 aromatic rings. The number of Topliss-reactive ketones (excluding diaryl/α,β-unsaturated/α-hetero) is 1. The highest BCUT2D eigenvalue weighted by atomic mass is 35.5. The fraction of sp³-hybridized carbons (Fsp3) is 0.364. The van der Waals surface area contributed by atoms with E-state index >= 15 is 0 Å². The first-order valence-corrected chi connectivity index (χ1v) is 10.8. The highest BCUT2D eigenvalue weighted by Gasteiger charge is 2.35. The maximum absolute atomic E-state index is 12.4. The van der Waals surface area contributed by atoms with Gasteiger partial charge in [0, 0.05) is 55.9 Å². The molecule has 0 unspecified atom stereocenters. The largest absolute Gasteiger partial charge is 0.303 e. The summed E-state index contributed by atoms with van der Waals surface area (Å²) in [5.41, 5.74) is 6.67. The second-order valence-corrected chi connectivity index (χ2v) is 8.55. The number of halogens is 2. The van der Waals surface area contributed by atoms with Gasteiger partial charge in [-0.1, -0.05) is 40.9 Å². The van der Waals surface area contributed by atoms with Crippen molar-refractivity contribution < 1.29 is 9.59 Å². The number of piperazine rings is 1. The Bertz CT molecular complexity index is 974. The minimum absolute atomic E-state index is 0.399. The maximum Gasteiger partial charge on any atom is 0.299 e. The Morgan fingerprint density at radius 1 is 0.967 bits per heavy atom. The van der Waals surface area contributed by atoms with E-state index in [-0.39, 0.29) is 0 Å². The minimum atomic E-state index is -0.421. The summed E-state index contributed by atoms with van der Waals surface area (Å²) in [4.78, 5) is 28.6. The Kier molecular flexibility index (Phi) is 6.41.